The zero-order valence-corrected chi connectivity index (χ0v) is 15.2. The molecule has 0 N–H and O–H groups in total. The molecule has 0 bridgehead atoms. The summed E-state index contributed by atoms with van der Waals surface area (Å²) in [5, 5.41) is 13.5. The van der Waals surface area contributed by atoms with Crippen LogP contribution in [0.25, 0.3) is 31.4 Å². The zero-order valence-electron chi connectivity index (χ0n) is 13.6. The highest BCUT2D eigenvalue weighted by Crippen LogP contribution is 2.42. The molecule has 0 spiro atoms. The number of rotatable bonds is 1. The molecule has 4 rings (SSSR count). The molecule has 8 heteroatoms. The summed E-state index contributed by atoms with van der Waals surface area (Å²) in [6, 6.07) is 7.25. The molecule has 0 aliphatic rings. The summed E-state index contributed by atoms with van der Waals surface area (Å²) in [5.74, 6) is -1.29. The van der Waals surface area contributed by atoms with Gasteiger partial charge in [0, 0.05) is 21.0 Å². The Bertz CT molecular complexity index is 1220. The standard InChI is InChI=1S/C19H10ClF4NOS/c1-8-16(20)17(26)15-12-4-2-9(6-14(12)27-18(15)25-8)11-5-3-10(7-13(11)21)19(22,23)24/h2-7H,1H3,(H,25,26)/p-1. The molecular weight excluding hydrogens is 402 g/mol. The lowest BCUT2D eigenvalue weighted by Gasteiger charge is -2.12. The van der Waals surface area contributed by atoms with Crippen molar-refractivity contribution in [3.63, 3.8) is 0 Å². The van der Waals surface area contributed by atoms with Crippen molar-refractivity contribution in [2.45, 2.75) is 13.1 Å². The van der Waals surface area contributed by atoms with Gasteiger partial charge in [-0.25, -0.2) is 9.37 Å². The maximum Gasteiger partial charge on any atom is 0.416 e. The van der Waals surface area contributed by atoms with Crippen molar-refractivity contribution in [2.24, 2.45) is 0 Å². The first-order valence-electron chi connectivity index (χ1n) is 7.73. The second kappa shape index (κ2) is 6.07. The van der Waals surface area contributed by atoms with Crippen LogP contribution in [0.5, 0.6) is 5.75 Å². The van der Waals surface area contributed by atoms with Crippen molar-refractivity contribution in [1.82, 2.24) is 4.98 Å². The van der Waals surface area contributed by atoms with E-state index in [9.17, 15) is 22.7 Å². The molecule has 138 valence electrons. The maximum absolute atomic E-state index is 14.3. The van der Waals surface area contributed by atoms with Crippen LogP contribution in [-0.2, 0) is 6.18 Å². The minimum absolute atomic E-state index is 0.0480. The van der Waals surface area contributed by atoms with Crippen LogP contribution < -0.4 is 5.11 Å². The van der Waals surface area contributed by atoms with Gasteiger partial charge in [-0.15, -0.1) is 11.3 Å². The monoisotopic (exact) mass is 410 g/mol. The summed E-state index contributed by atoms with van der Waals surface area (Å²) < 4.78 is 53.1. The van der Waals surface area contributed by atoms with E-state index in [-0.39, 0.29) is 16.3 Å². The third-order valence-electron chi connectivity index (χ3n) is 4.29. The Morgan fingerprint density at radius 2 is 1.85 bits per heavy atom. The normalized spacial score (nSPS) is 12.2. The minimum atomic E-state index is -4.61. The predicted molar refractivity (Wildman–Crippen MR) is 96.7 cm³/mol. The minimum Gasteiger partial charge on any atom is -0.871 e. The molecule has 27 heavy (non-hydrogen) atoms. The smallest absolute Gasteiger partial charge is 0.416 e. The molecule has 2 aromatic heterocycles. The lowest BCUT2D eigenvalue weighted by Crippen LogP contribution is -2.05. The van der Waals surface area contributed by atoms with Gasteiger partial charge in [0.2, 0.25) is 0 Å². The van der Waals surface area contributed by atoms with Crippen molar-refractivity contribution in [3.8, 4) is 16.9 Å². The average molecular weight is 411 g/mol. The molecule has 2 heterocycles. The Hall–Kier alpha value is -2.38. The highest BCUT2D eigenvalue weighted by Gasteiger charge is 2.31. The molecule has 4 aromatic rings. The first-order chi connectivity index (χ1) is 12.7. The van der Waals surface area contributed by atoms with Gasteiger partial charge >= 0.3 is 6.18 Å². The summed E-state index contributed by atoms with van der Waals surface area (Å²) in [6.07, 6.45) is -4.61. The number of fused-ring (bicyclic) bond motifs is 3. The largest absolute Gasteiger partial charge is 0.871 e. The van der Waals surface area contributed by atoms with Gasteiger partial charge in [-0.05, 0) is 30.7 Å². The van der Waals surface area contributed by atoms with Crippen molar-refractivity contribution in [1.29, 1.82) is 0 Å². The van der Waals surface area contributed by atoms with Gasteiger partial charge < -0.3 is 5.11 Å². The number of nitrogens with zero attached hydrogens (tertiary/aromatic N) is 1. The number of hydrogen-bond acceptors (Lipinski definition) is 3. The summed E-state index contributed by atoms with van der Waals surface area (Å²) in [5.41, 5.74) is -0.158. The molecule has 0 aliphatic heterocycles. The van der Waals surface area contributed by atoms with E-state index in [2.05, 4.69) is 4.98 Å². The number of thiophene rings is 1. The van der Waals surface area contributed by atoms with Crippen LogP contribution in [0, 0.1) is 12.7 Å². The summed E-state index contributed by atoms with van der Waals surface area (Å²) in [6.45, 7) is 1.64. The Balaban J connectivity index is 1.90. The molecule has 0 fully saturated rings. The maximum atomic E-state index is 14.3. The Labute approximate surface area is 159 Å². The SMILES string of the molecule is Cc1nc2sc3cc(-c4ccc(C(F)(F)F)cc4F)ccc3c2c([O-])c1Cl. The highest BCUT2D eigenvalue weighted by molar-refractivity contribution is 7.25. The van der Waals surface area contributed by atoms with E-state index >= 15 is 0 Å². The van der Waals surface area contributed by atoms with E-state index in [1.165, 1.54) is 11.3 Å². The number of alkyl halides is 3. The van der Waals surface area contributed by atoms with Crippen LogP contribution in [-0.4, -0.2) is 4.98 Å². The van der Waals surface area contributed by atoms with Crippen molar-refractivity contribution in [3.05, 3.63) is 58.5 Å². The molecule has 0 aliphatic carbocycles. The van der Waals surface area contributed by atoms with E-state index in [4.69, 9.17) is 11.6 Å². The summed E-state index contributed by atoms with van der Waals surface area (Å²) in [4.78, 5) is 4.84. The van der Waals surface area contributed by atoms with Crippen LogP contribution in [0.15, 0.2) is 36.4 Å². The molecular formula is C19H9ClF4NOS-. The van der Waals surface area contributed by atoms with Crippen LogP contribution in [0.4, 0.5) is 17.6 Å². The second-order valence-corrected chi connectivity index (χ2v) is 7.43. The van der Waals surface area contributed by atoms with E-state index < -0.39 is 17.6 Å². The van der Waals surface area contributed by atoms with Crippen molar-refractivity contribution < 1.29 is 22.7 Å². The van der Waals surface area contributed by atoms with E-state index in [1.807, 2.05) is 0 Å². The number of pyridine rings is 1. The third-order valence-corrected chi connectivity index (χ3v) is 5.78. The first kappa shape index (κ1) is 18.0. The Morgan fingerprint density at radius 1 is 1.11 bits per heavy atom. The fourth-order valence-electron chi connectivity index (χ4n) is 2.95. The fourth-order valence-corrected chi connectivity index (χ4v) is 4.25. The molecule has 2 aromatic carbocycles. The van der Waals surface area contributed by atoms with Gasteiger partial charge in [0.25, 0.3) is 0 Å². The number of benzene rings is 2. The lowest BCUT2D eigenvalue weighted by atomic mass is 10.0. The molecule has 0 radical (unpaired) electrons. The summed E-state index contributed by atoms with van der Waals surface area (Å²) >= 11 is 7.25. The van der Waals surface area contributed by atoms with Crippen LogP contribution in [0.3, 0.4) is 0 Å². The van der Waals surface area contributed by atoms with E-state index in [0.29, 0.717) is 37.6 Å². The highest BCUT2D eigenvalue weighted by atomic mass is 35.5. The summed E-state index contributed by atoms with van der Waals surface area (Å²) in [7, 11) is 0. The van der Waals surface area contributed by atoms with E-state index in [0.717, 1.165) is 12.1 Å². The quantitative estimate of drug-likeness (QED) is 0.345. The second-order valence-electron chi connectivity index (χ2n) is 6.03. The van der Waals surface area contributed by atoms with Gasteiger partial charge in [0.05, 0.1) is 16.3 Å². The lowest BCUT2D eigenvalue weighted by molar-refractivity contribution is -0.265. The third kappa shape index (κ3) is 2.91. The Kier molecular flexibility index (Phi) is 4.05. The van der Waals surface area contributed by atoms with Crippen molar-refractivity contribution in [2.75, 3.05) is 0 Å². The zero-order chi connectivity index (χ0) is 19.5. The fraction of sp³-hybridized carbons (Fsp3) is 0.105. The number of hydrogen-bond donors (Lipinski definition) is 0. The van der Waals surface area contributed by atoms with Gasteiger partial charge in [-0.3, -0.25) is 0 Å². The molecule has 0 amide bonds. The predicted octanol–water partition coefficient (Wildman–Crippen LogP) is 6.31. The van der Waals surface area contributed by atoms with Crippen LogP contribution in [0.2, 0.25) is 5.02 Å². The molecule has 0 atom stereocenters. The Morgan fingerprint density at radius 3 is 2.52 bits per heavy atom. The number of aromatic nitrogens is 1. The van der Waals surface area contributed by atoms with Gasteiger partial charge in [0.15, 0.2) is 0 Å². The van der Waals surface area contributed by atoms with E-state index in [1.54, 1.807) is 25.1 Å². The topological polar surface area (TPSA) is 36.0 Å². The molecule has 0 unspecified atom stereocenters. The van der Waals surface area contributed by atoms with Gasteiger partial charge in [-0.2, -0.15) is 13.2 Å². The average Bonchev–Trinajstić information content (AvgIpc) is 2.96. The van der Waals surface area contributed by atoms with Crippen LogP contribution in [0.1, 0.15) is 11.3 Å². The number of aryl methyl sites for hydroxylation is 1. The molecule has 0 saturated heterocycles. The van der Waals surface area contributed by atoms with Gasteiger partial charge in [-0.1, -0.05) is 35.5 Å². The van der Waals surface area contributed by atoms with Crippen LogP contribution >= 0.6 is 22.9 Å². The first-order valence-corrected chi connectivity index (χ1v) is 8.93. The van der Waals surface area contributed by atoms with Crippen molar-refractivity contribution >= 4 is 43.2 Å². The molecule has 2 nitrogen and oxygen atoms in total. The van der Waals surface area contributed by atoms with Gasteiger partial charge in [0.1, 0.15) is 10.6 Å². The molecule has 0 saturated carbocycles. The number of halogens is 5.